The van der Waals surface area contributed by atoms with Crippen molar-refractivity contribution in [2.45, 2.75) is 18.9 Å². The van der Waals surface area contributed by atoms with Crippen LogP contribution in [0.25, 0.3) is 10.9 Å². The molecule has 3 aromatic rings. The second-order valence-electron chi connectivity index (χ2n) is 6.66. The predicted molar refractivity (Wildman–Crippen MR) is 99.1 cm³/mol. The fourth-order valence-corrected chi connectivity index (χ4v) is 3.84. The number of hydrogen-bond acceptors (Lipinski definition) is 5. The minimum Gasteiger partial charge on any atom is -0.486 e. The Labute approximate surface area is 150 Å². The Hall–Kier alpha value is -3.02. The van der Waals surface area contributed by atoms with Crippen LogP contribution in [0.4, 0.5) is 5.95 Å². The SMILES string of the molecule is O=c1[nH]c(N2CCCC2c2ccc3c(c2)OCCO3)nc2ccccc12. The third-order valence-electron chi connectivity index (χ3n) is 5.08. The van der Waals surface area contributed by atoms with E-state index in [1.54, 1.807) is 6.07 Å². The van der Waals surface area contributed by atoms with Gasteiger partial charge in [-0.1, -0.05) is 18.2 Å². The summed E-state index contributed by atoms with van der Waals surface area (Å²) in [5.41, 5.74) is 1.78. The van der Waals surface area contributed by atoms with Crippen LogP contribution in [0.3, 0.4) is 0 Å². The fraction of sp³-hybridized carbons (Fsp3) is 0.300. The average Bonchev–Trinajstić information content (AvgIpc) is 3.17. The Kier molecular flexibility index (Phi) is 3.55. The Morgan fingerprint density at radius 1 is 1.08 bits per heavy atom. The number of nitrogens with one attached hydrogen (secondary N) is 1. The average molecular weight is 349 g/mol. The van der Waals surface area contributed by atoms with E-state index < -0.39 is 0 Å². The van der Waals surface area contributed by atoms with E-state index in [9.17, 15) is 4.79 Å². The lowest BCUT2D eigenvalue weighted by molar-refractivity contribution is 0.171. The minimum absolute atomic E-state index is 0.0987. The van der Waals surface area contributed by atoms with Crippen LogP contribution < -0.4 is 19.9 Å². The zero-order valence-electron chi connectivity index (χ0n) is 14.3. The van der Waals surface area contributed by atoms with Crippen LogP contribution in [-0.4, -0.2) is 29.7 Å². The first-order valence-corrected chi connectivity index (χ1v) is 8.95. The molecule has 2 aromatic carbocycles. The van der Waals surface area contributed by atoms with Gasteiger partial charge < -0.3 is 14.4 Å². The van der Waals surface area contributed by atoms with Crippen LogP contribution >= 0.6 is 0 Å². The van der Waals surface area contributed by atoms with E-state index in [0.29, 0.717) is 24.5 Å². The quantitative estimate of drug-likeness (QED) is 0.770. The molecule has 3 heterocycles. The van der Waals surface area contributed by atoms with E-state index >= 15 is 0 Å². The summed E-state index contributed by atoms with van der Waals surface area (Å²) in [6, 6.07) is 13.7. The van der Waals surface area contributed by atoms with Gasteiger partial charge in [-0.05, 0) is 42.7 Å². The molecule has 2 aliphatic heterocycles. The number of aromatic amines is 1. The van der Waals surface area contributed by atoms with Crippen molar-refractivity contribution >= 4 is 16.9 Å². The van der Waals surface area contributed by atoms with Crippen molar-refractivity contribution in [1.82, 2.24) is 9.97 Å². The van der Waals surface area contributed by atoms with Crippen molar-refractivity contribution in [3.63, 3.8) is 0 Å². The van der Waals surface area contributed by atoms with E-state index in [1.165, 1.54) is 0 Å². The van der Waals surface area contributed by atoms with Crippen LogP contribution in [0, 0.1) is 0 Å². The first-order chi connectivity index (χ1) is 12.8. The molecule has 6 nitrogen and oxygen atoms in total. The number of H-pyrrole nitrogens is 1. The molecule has 1 unspecified atom stereocenters. The maximum Gasteiger partial charge on any atom is 0.260 e. The highest BCUT2D eigenvalue weighted by atomic mass is 16.6. The highest BCUT2D eigenvalue weighted by Gasteiger charge is 2.29. The predicted octanol–water partition coefficient (Wildman–Crippen LogP) is 3.04. The number of benzene rings is 2. The van der Waals surface area contributed by atoms with Crippen LogP contribution in [0.15, 0.2) is 47.3 Å². The van der Waals surface area contributed by atoms with E-state index in [0.717, 1.165) is 42.0 Å². The zero-order valence-corrected chi connectivity index (χ0v) is 14.3. The molecule has 1 aromatic heterocycles. The summed E-state index contributed by atoms with van der Waals surface area (Å²) in [4.78, 5) is 22.3. The molecule has 1 N–H and O–H groups in total. The summed E-state index contributed by atoms with van der Waals surface area (Å²) in [6.07, 6.45) is 2.06. The second kappa shape index (κ2) is 6.05. The summed E-state index contributed by atoms with van der Waals surface area (Å²) in [5.74, 6) is 2.22. The van der Waals surface area contributed by atoms with Gasteiger partial charge in [-0.2, -0.15) is 0 Å². The van der Waals surface area contributed by atoms with Crippen LogP contribution in [0.2, 0.25) is 0 Å². The number of anilines is 1. The van der Waals surface area contributed by atoms with Gasteiger partial charge in [0.15, 0.2) is 11.5 Å². The van der Waals surface area contributed by atoms with Gasteiger partial charge in [0.05, 0.1) is 16.9 Å². The molecule has 5 rings (SSSR count). The Morgan fingerprint density at radius 3 is 2.85 bits per heavy atom. The molecule has 0 saturated carbocycles. The summed E-state index contributed by atoms with van der Waals surface area (Å²) in [7, 11) is 0. The smallest absolute Gasteiger partial charge is 0.260 e. The molecule has 1 atom stereocenters. The van der Waals surface area contributed by atoms with Gasteiger partial charge in [0.1, 0.15) is 13.2 Å². The summed E-state index contributed by atoms with van der Waals surface area (Å²) < 4.78 is 11.3. The number of para-hydroxylation sites is 1. The van der Waals surface area contributed by atoms with Crippen LogP contribution in [-0.2, 0) is 0 Å². The topological polar surface area (TPSA) is 67.5 Å². The normalized spacial score (nSPS) is 19.1. The minimum atomic E-state index is -0.0987. The number of ether oxygens (including phenoxy) is 2. The fourth-order valence-electron chi connectivity index (χ4n) is 3.84. The molecule has 0 radical (unpaired) electrons. The van der Waals surface area contributed by atoms with E-state index in [1.807, 2.05) is 24.3 Å². The highest BCUT2D eigenvalue weighted by Crippen LogP contribution is 2.39. The molecule has 1 saturated heterocycles. The lowest BCUT2D eigenvalue weighted by Crippen LogP contribution is -2.27. The number of hydrogen-bond donors (Lipinski definition) is 1. The largest absolute Gasteiger partial charge is 0.486 e. The van der Waals surface area contributed by atoms with Gasteiger partial charge in [0, 0.05) is 6.54 Å². The van der Waals surface area contributed by atoms with Crippen LogP contribution in [0.1, 0.15) is 24.4 Å². The standard InChI is InChI=1S/C20H19N3O3/c24-19-14-4-1-2-5-15(14)21-20(22-19)23-9-3-6-16(23)13-7-8-17-18(12-13)26-11-10-25-17/h1-2,4-5,7-8,12,16H,3,6,9-11H2,(H,21,22,24). The maximum absolute atomic E-state index is 12.4. The first kappa shape index (κ1) is 15.3. The van der Waals surface area contributed by atoms with Crippen molar-refractivity contribution in [1.29, 1.82) is 0 Å². The number of nitrogens with zero attached hydrogens (tertiary/aromatic N) is 2. The number of rotatable bonds is 2. The molecule has 26 heavy (non-hydrogen) atoms. The van der Waals surface area contributed by atoms with Gasteiger partial charge >= 0.3 is 0 Å². The number of aromatic nitrogens is 2. The Bertz CT molecular complexity index is 1030. The molecule has 6 heteroatoms. The monoisotopic (exact) mass is 349 g/mol. The molecule has 0 spiro atoms. The molecular weight excluding hydrogens is 330 g/mol. The van der Waals surface area contributed by atoms with Gasteiger partial charge in [-0.15, -0.1) is 0 Å². The van der Waals surface area contributed by atoms with Gasteiger partial charge in [-0.25, -0.2) is 4.98 Å². The van der Waals surface area contributed by atoms with E-state index in [2.05, 4.69) is 22.0 Å². The van der Waals surface area contributed by atoms with Crippen LogP contribution in [0.5, 0.6) is 11.5 Å². The zero-order chi connectivity index (χ0) is 17.5. The third kappa shape index (κ3) is 2.49. The van der Waals surface area contributed by atoms with Crippen molar-refractivity contribution < 1.29 is 9.47 Å². The third-order valence-corrected chi connectivity index (χ3v) is 5.08. The maximum atomic E-state index is 12.4. The van der Waals surface area contributed by atoms with Gasteiger partial charge in [-0.3, -0.25) is 9.78 Å². The molecule has 0 amide bonds. The highest BCUT2D eigenvalue weighted by molar-refractivity contribution is 5.78. The Morgan fingerprint density at radius 2 is 1.92 bits per heavy atom. The van der Waals surface area contributed by atoms with Gasteiger partial charge in [0.25, 0.3) is 5.56 Å². The molecule has 132 valence electrons. The molecule has 0 bridgehead atoms. The van der Waals surface area contributed by atoms with Gasteiger partial charge in [0.2, 0.25) is 5.95 Å². The molecular formula is C20H19N3O3. The molecule has 2 aliphatic rings. The lowest BCUT2D eigenvalue weighted by Gasteiger charge is -2.27. The summed E-state index contributed by atoms with van der Waals surface area (Å²) in [6.45, 7) is 2.02. The summed E-state index contributed by atoms with van der Waals surface area (Å²) in [5, 5.41) is 0.617. The molecule has 1 fully saturated rings. The Balaban J connectivity index is 1.54. The molecule has 0 aliphatic carbocycles. The van der Waals surface area contributed by atoms with E-state index in [4.69, 9.17) is 14.5 Å². The van der Waals surface area contributed by atoms with Crippen molar-refractivity contribution in [3.8, 4) is 11.5 Å². The summed E-state index contributed by atoms with van der Waals surface area (Å²) >= 11 is 0. The second-order valence-corrected chi connectivity index (χ2v) is 6.66. The van der Waals surface area contributed by atoms with Crippen molar-refractivity contribution in [2.75, 3.05) is 24.7 Å². The van der Waals surface area contributed by atoms with Crippen molar-refractivity contribution in [3.05, 3.63) is 58.4 Å². The first-order valence-electron chi connectivity index (χ1n) is 8.95. The lowest BCUT2D eigenvalue weighted by atomic mass is 10.0. The van der Waals surface area contributed by atoms with Crippen molar-refractivity contribution in [2.24, 2.45) is 0 Å². The van der Waals surface area contributed by atoms with E-state index in [-0.39, 0.29) is 11.6 Å². The number of fused-ring (bicyclic) bond motifs is 2.